The van der Waals surface area contributed by atoms with E-state index in [1.165, 1.54) is 17.5 Å². The van der Waals surface area contributed by atoms with Crippen LogP contribution in [0.4, 0.5) is 16.6 Å². The summed E-state index contributed by atoms with van der Waals surface area (Å²) >= 11 is 1.43. The van der Waals surface area contributed by atoms with Crippen molar-refractivity contribution in [2.24, 2.45) is 5.92 Å². The molecule has 1 fully saturated rings. The van der Waals surface area contributed by atoms with Gasteiger partial charge in [-0.25, -0.2) is 9.97 Å². The van der Waals surface area contributed by atoms with Crippen LogP contribution in [0.15, 0.2) is 30.5 Å². The standard InChI is InChI=1S/C21H24N6O2S/c1-11-3-5-16(13-4-6-17-15(8-13)26-21(23)30-17)27(10-11)20(29)19(28)25-14-7-12(2)18(22)24-9-14/h4,6-9,11,16H,3,5,10H2,1-2H3,(H2,22,24)(H2,23,26)(H,25,28)/t11-,16+/m0/s1. The number of nitrogen functional groups attached to an aromatic ring is 2. The molecule has 0 spiro atoms. The molecule has 0 radical (unpaired) electrons. The quantitative estimate of drug-likeness (QED) is 0.543. The number of likely N-dealkylation sites (tertiary alicyclic amines) is 1. The molecule has 3 heterocycles. The van der Waals surface area contributed by atoms with Gasteiger partial charge in [0.15, 0.2) is 5.13 Å². The first kappa shape index (κ1) is 20.1. The molecule has 1 aromatic carbocycles. The van der Waals surface area contributed by atoms with Crippen molar-refractivity contribution in [2.75, 3.05) is 23.3 Å². The SMILES string of the molecule is Cc1cc(NC(=O)C(=O)N2C[C@@H](C)CC[C@@H]2c2ccc3sc(N)nc3c2)cnc1N. The molecule has 4 rings (SSSR count). The van der Waals surface area contributed by atoms with Crippen molar-refractivity contribution in [3.05, 3.63) is 41.6 Å². The van der Waals surface area contributed by atoms with Crippen LogP contribution in [0.2, 0.25) is 0 Å². The van der Waals surface area contributed by atoms with Crippen molar-refractivity contribution >= 4 is 50.0 Å². The van der Waals surface area contributed by atoms with Crippen molar-refractivity contribution < 1.29 is 9.59 Å². The molecule has 5 N–H and O–H groups in total. The molecule has 2 atom stereocenters. The maximum atomic E-state index is 13.1. The molecule has 0 bridgehead atoms. The molecule has 9 heteroatoms. The van der Waals surface area contributed by atoms with E-state index < -0.39 is 11.8 Å². The maximum absolute atomic E-state index is 13.1. The fraction of sp³-hybridized carbons (Fsp3) is 0.333. The zero-order chi connectivity index (χ0) is 21.4. The van der Waals surface area contributed by atoms with E-state index in [0.717, 1.165) is 34.2 Å². The van der Waals surface area contributed by atoms with Gasteiger partial charge in [0, 0.05) is 6.54 Å². The van der Waals surface area contributed by atoms with Gasteiger partial charge in [-0.1, -0.05) is 24.3 Å². The van der Waals surface area contributed by atoms with Crippen LogP contribution in [0.1, 0.15) is 36.9 Å². The Kier molecular flexibility index (Phi) is 5.29. The number of aromatic nitrogens is 2. The monoisotopic (exact) mass is 424 g/mol. The molecule has 8 nitrogen and oxygen atoms in total. The number of hydrogen-bond acceptors (Lipinski definition) is 7. The summed E-state index contributed by atoms with van der Waals surface area (Å²) in [6.45, 7) is 4.41. The lowest BCUT2D eigenvalue weighted by Crippen LogP contribution is -2.46. The van der Waals surface area contributed by atoms with Gasteiger partial charge in [0.25, 0.3) is 0 Å². The molecule has 1 aliphatic rings. The average molecular weight is 425 g/mol. The molecule has 2 aromatic heterocycles. The Labute approximate surface area is 178 Å². The van der Waals surface area contributed by atoms with Crippen LogP contribution in [0, 0.1) is 12.8 Å². The highest BCUT2D eigenvalue weighted by atomic mass is 32.1. The molecule has 0 saturated carbocycles. The second-order valence-electron chi connectivity index (χ2n) is 7.82. The van der Waals surface area contributed by atoms with E-state index in [1.807, 2.05) is 18.2 Å². The predicted molar refractivity (Wildman–Crippen MR) is 119 cm³/mol. The molecule has 0 aliphatic carbocycles. The lowest BCUT2D eigenvalue weighted by Gasteiger charge is -2.38. The van der Waals surface area contributed by atoms with Gasteiger partial charge < -0.3 is 21.7 Å². The highest BCUT2D eigenvalue weighted by molar-refractivity contribution is 7.22. The summed E-state index contributed by atoms with van der Waals surface area (Å²) in [6.07, 6.45) is 3.21. The van der Waals surface area contributed by atoms with E-state index >= 15 is 0 Å². The largest absolute Gasteiger partial charge is 0.383 e. The van der Waals surface area contributed by atoms with E-state index in [9.17, 15) is 9.59 Å². The molecular formula is C21H24N6O2S. The summed E-state index contributed by atoms with van der Waals surface area (Å²) < 4.78 is 1.00. The Morgan fingerprint density at radius 1 is 1.23 bits per heavy atom. The maximum Gasteiger partial charge on any atom is 0.313 e. The van der Waals surface area contributed by atoms with Crippen LogP contribution < -0.4 is 16.8 Å². The Morgan fingerprint density at radius 3 is 2.80 bits per heavy atom. The normalized spacial score (nSPS) is 19.1. The topological polar surface area (TPSA) is 127 Å². The molecule has 156 valence electrons. The molecular weight excluding hydrogens is 400 g/mol. The van der Waals surface area contributed by atoms with Gasteiger partial charge in [0.05, 0.1) is 28.1 Å². The Balaban J connectivity index is 1.58. The second-order valence-corrected chi connectivity index (χ2v) is 8.88. The highest BCUT2D eigenvalue weighted by Gasteiger charge is 2.34. The van der Waals surface area contributed by atoms with E-state index in [4.69, 9.17) is 11.5 Å². The number of nitrogens with one attached hydrogen (secondary N) is 1. The number of thiazole rings is 1. The summed E-state index contributed by atoms with van der Waals surface area (Å²) in [7, 11) is 0. The number of benzene rings is 1. The number of pyridine rings is 1. The number of nitrogens with two attached hydrogens (primary N) is 2. The molecule has 30 heavy (non-hydrogen) atoms. The number of amides is 2. The lowest BCUT2D eigenvalue weighted by molar-refractivity contribution is -0.146. The molecule has 0 unspecified atom stereocenters. The van der Waals surface area contributed by atoms with E-state index in [0.29, 0.717) is 29.1 Å². The van der Waals surface area contributed by atoms with Crippen LogP contribution >= 0.6 is 11.3 Å². The Morgan fingerprint density at radius 2 is 2.03 bits per heavy atom. The number of fused-ring (bicyclic) bond motifs is 1. The fourth-order valence-electron chi connectivity index (χ4n) is 3.86. The van der Waals surface area contributed by atoms with E-state index in [-0.39, 0.29) is 6.04 Å². The van der Waals surface area contributed by atoms with Gasteiger partial charge in [-0.2, -0.15) is 0 Å². The minimum absolute atomic E-state index is 0.182. The molecule has 2 amide bonds. The smallest absolute Gasteiger partial charge is 0.313 e. The lowest BCUT2D eigenvalue weighted by atomic mass is 9.89. The first-order chi connectivity index (χ1) is 14.3. The van der Waals surface area contributed by atoms with E-state index in [2.05, 4.69) is 22.2 Å². The number of hydrogen-bond donors (Lipinski definition) is 3. The fourth-order valence-corrected chi connectivity index (χ4v) is 4.58. The average Bonchev–Trinajstić information content (AvgIpc) is 3.09. The Hall–Kier alpha value is -3.20. The van der Waals surface area contributed by atoms with Crippen LogP contribution in [-0.2, 0) is 9.59 Å². The third-order valence-corrected chi connectivity index (χ3v) is 6.33. The first-order valence-corrected chi connectivity index (χ1v) is 10.6. The third kappa shape index (κ3) is 3.93. The zero-order valence-electron chi connectivity index (χ0n) is 16.9. The summed E-state index contributed by atoms with van der Waals surface area (Å²) in [5.41, 5.74) is 14.5. The van der Waals surface area contributed by atoms with Crippen molar-refractivity contribution in [1.82, 2.24) is 14.9 Å². The van der Waals surface area contributed by atoms with Crippen LogP contribution in [0.5, 0.6) is 0 Å². The van der Waals surface area contributed by atoms with Gasteiger partial charge in [0.1, 0.15) is 5.82 Å². The summed E-state index contributed by atoms with van der Waals surface area (Å²) in [5, 5.41) is 3.16. The van der Waals surface area contributed by atoms with Crippen molar-refractivity contribution in [2.45, 2.75) is 32.7 Å². The van der Waals surface area contributed by atoms with Crippen molar-refractivity contribution in [3.8, 4) is 0 Å². The number of carbonyl (C=O) groups excluding carboxylic acids is 2. The van der Waals surface area contributed by atoms with Crippen LogP contribution in [-0.4, -0.2) is 33.2 Å². The van der Waals surface area contributed by atoms with E-state index in [1.54, 1.807) is 17.9 Å². The molecule has 1 saturated heterocycles. The Bertz CT molecular complexity index is 1130. The first-order valence-electron chi connectivity index (χ1n) is 9.82. The number of carbonyl (C=O) groups is 2. The number of nitrogens with zero attached hydrogens (tertiary/aromatic N) is 3. The number of anilines is 3. The van der Waals surface area contributed by atoms with Gasteiger partial charge >= 0.3 is 11.8 Å². The van der Waals surface area contributed by atoms with Gasteiger partial charge in [-0.05, 0) is 55.0 Å². The van der Waals surface area contributed by atoms with Crippen LogP contribution in [0.3, 0.4) is 0 Å². The summed E-state index contributed by atoms with van der Waals surface area (Å²) in [4.78, 5) is 35.9. The number of aryl methyl sites for hydroxylation is 1. The highest BCUT2D eigenvalue weighted by Crippen LogP contribution is 2.35. The minimum atomic E-state index is -0.681. The number of piperidine rings is 1. The number of rotatable bonds is 2. The zero-order valence-corrected chi connectivity index (χ0v) is 17.7. The second kappa shape index (κ2) is 7.91. The minimum Gasteiger partial charge on any atom is -0.383 e. The third-order valence-electron chi connectivity index (χ3n) is 5.46. The molecule has 1 aliphatic heterocycles. The predicted octanol–water partition coefficient (Wildman–Crippen LogP) is 3.10. The van der Waals surface area contributed by atoms with Gasteiger partial charge in [-0.3, -0.25) is 9.59 Å². The van der Waals surface area contributed by atoms with Crippen molar-refractivity contribution in [3.63, 3.8) is 0 Å². The van der Waals surface area contributed by atoms with Crippen LogP contribution in [0.25, 0.3) is 10.2 Å². The van der Waals surface area contributed by atoms with Gasteiger partial charge in [-0.15, -0.1) is 0 Å². The molecule has 3 aromatic rings. The summed E-state index contributed by atoms with van der Waals surface area (Å²) in [5.74, 6) is -0.530. The van der Waals surface area contributed by atoms with Gasteiger partial charge in [0.2, 0.25) is 0 Å². The summed E-state index contributed by atoms with van der Waals surface area (Å²) in [6, 6.07) is 7.45. The van der Waals surface area contributed by atoms with Crippen molar-refractivity contribution in [1.29, 1.82) is 0 Å².